The van der Waals surface area contributed by atoms with Crippen molar-refractivity contribution in [3.63, 3.8) is 0 Å². The number of halogens is 3. The van der Waals surface area contributed by atoms with Gasteiger partial charge in [-0.1, -0.05) is 18.2 Å². The number of hydrogen-bond donors (Lipinski definition) is 0. The van der Waals surface area contributed by atoms with Crippen LogP contribution in [-0.2, 0) is 17.5 Å². The maximum atomic E-state index is 12.8. The summed E-state index contributed by atoms with van der Waals surface area (Å²) in [6, 6.07) is 12.6. The van der Waals surface area contributed by atoms with E-state index in [0.717, 1.165) is 12.1 Å². The number of nitrogens with zero attached hydrogens (tertiary/aromatic N) is 1. The molecule has 1 aromatic carbocycles. The lowest BCUT2D eigenvalue weighted by Crippen LogP contribution is -2.05. The van der Waals surface area contributed by atoms with Gasteiger partial charge >= 0.3 is 12.1 Å². The van der Waals surface area contributed by atoms with Crippen molar-refractivity contribution in [1.82, 2.24) is 4.98 Å². The van der Waals surface area contributed by atoms with E-state index in [4.69, 9.17) is 9.15 Å². The molecule has 0 saturated heterocycles. The number of ether oxygens (including phenoxy) is 1. The molecule has 2 heterocycles. The highest BCUT2D eigenvalue weighted by Crippen LogP contribution is 2.32. The smallest absolute Gasteiger partial charge is 0.416 e. The van der Waals surface area contributed by atoms with Crippen LogP contribution in [0.25, 0.3) is 11.3 Å². The number of esters is 1. The molecule has 4 nitrogen and oxygen atoms in total. The lowest BCUT2D eigenvalue weighted by Gasteiger charge is -2.07. The van der Waals surface area contributed by atoms with Crippen molar-refractivity contribution < 1.29 is 27.1 Å². The monoisotopic (exact) mass is 347 g/mol. The molecule has 0 fully saturated rings. The molecule has 0 spiro atoms. The first-order valence-electron chi connectivity index (χ1n) is 7.28. The molecule has 25 heavy (non-hydrogen) atoms. The van der Waals surface area contributed by atoms with Crippen LogP contribution in [0.1, 0.15) is 21.8 Å². The first kappa shape index (κ1) is 16.8. The first-order valence-corrected chi connectivity index (χ1v) is 7.28. The van der Waals surface area contributed by atoms with Crippen molar-refractivity contribution in [1.29, 1.82) is 0 Å². The van der Waals surface area contributed by atoms with Crippen molar-refractivity contribution in [2.24, 2.45) is 0 Å². The number of furan rings is 1. The van der Waals surface area contributed by atoms with Gasteiger partial charge in [0.25, 0.3) is 0 Å². The Morgan fingerprint density at radius 3 is 2.64 bits per heavy atom. The zero-order valence-electron chi connectivity index (χ0n) is 12.8. The summed E-state index contributed by atoms with van der Waals surface area (Å²) in [5.41, 5.74) is -0.000197. The molecular formula is C18H12F3NO3. The Hall–Kier alpha value is -3.09. The molecule has 7 heteroatoms. The van der Waals surface area contributed by atoms with Crippen molar-refractivity contribution >= 4 is 5.97 Å². The van der Waals surface area contributed by atoms with Gasteiger partial charge in [0.1, 0.15) is 12.4 Å². The highest BCUT2D eigenvalue weighted by molar-refractivity contribution is 5.87. The average Bonchev–Trinajstić information content (AvgIpc) is 3.10. The van der Waals surface area contributed by atoms with Gasteiger partial charge in [-0.25, -0.2) is 4.79 Å². The van der Waals surface area contributed by atoms with E-state index in [1.807, 2.05) is 0 Å². The quantitative estimate of drug-likeness (QED) is 0.641. The van der Waals surface area contributed by atoms with Crippen LogP contribution in [-0.4, -0.2) is 11.0 Å². The van der Waals surface area contributed by atoms with Gasteiger partial charge in [-0.3, -0.25) is 4.98 Å². The van der Waals surface area contributed by atoms with Crippen LogP contribution in [0.3, 0.4) is 0 Å². The van der Waals surface area contributed by atoms with Gasteiger partial charge in [0.05, 0.1) is 11.3 Å². The molecule has 0 aliphatic rings. The zero-order chi connectivity index (χ0) is 17.9. The van der Waals surface area contributed by atoms with E-state index in [1.54, 1.807) is 24.4 Å². The summed E-state index contributed by atoms with van der Waals surface area (Å²) < 4.78 is 48.7. The fraction of sp³-hybridized carbons (Fsp3) is 0.111. The second kappa shape index (κ2) is 6.80. The van der Waals surface area contributed by atoms with Gasteiger partial charge in [0.15, 0.2) is 0 Å². The number of benzene rings is 1. The Morgan fingerprint density at radius 1 is 1.08 bits per heavy atom. The van der Waals surface area contributed by atoms with Gasteiger partial charge in [0, 0.05) is 11.8 Å². The van der Waals surface area contributed by atoms with Crippen LogP contribution in [0.2, 0.25) is 0 Å². The molecular weight excluding hydrogens is 335 g/mol. The molecule has 3 rings (SSSR count). The zero-order valence-corrected chi connectivity index (χ0v) is 12.8. The molecule has 0 atom stereocenters. The van der Waals surface area contributed by atoms with Crippen molar-refractivity contribution in [2.45, 2.75) is 12.8 Å². The molecule has 0 aliphatic carbocycles. The standard InChI is InChI=1S/C18H12F3NO3/c19-18(20,21)13-5-3-4-12(10-13)15-7-8-16(25-15)17(23)24-11-14-6-1-2-9-22-14/h1-10H,11H2. The Labute approximate surface area is 140 Å². The van der Waals surface area contributed by atoms with Gasteiger partial charge < -0.3 is 9.15 Å². The molecule has 0 radical (unpaired) electrons. The molecule has 0 amide bonds. The summed E-state index contributed by atoms with van der Waals surface area (Å²) in [6.45, 7) is -0.0285. The van der Waals surface area contributed by atoms with Crippen LogP contribution in [0.4, 0.5) is 13.2 Å². The minimum atomic E-state index is -4.45. The van der Waals surface area contributed by atoms with E-state index in [0.29, 0.717) is 5.69 Å². The third-order valence-electron chi connectivity index (χ3n) is 3.36. The summed E-state index contributed by atoms with van der Waals surface area (Å²) in [5.74, 6) is -0.664. The van der Waals surface area contributed by atoms with E-state index >= 15 is 0 Å². The molecule has 0 N–H and O–H groups in total. The van der Waals surface area contributed by atoms with E-state index < -0.39 is 17.7 Å². The Morgan fingerprint density at radius 2 is 1.92 bits per heavy atom. The SMILES string of the molecule is O=C(OCc1ccccn1)c1ccc(-c2cccc(C(F)(F)F)c2)o1. The molecule has 128 valence electrons. The van der Waals surface area contributed by atoms with Crippen LogP contribution in [0.5, 0.6) is 0 Å². The highest BCUT2D eigenvalue weighted by atomic mass is 19.4. The van der Waals surface area contributed by atoms with Crippen molar-refractivity contribution in [3.8, 4) is 11.3 Å². The number of carbonyl (C=O) groups excluding carboxylic acids is 1. The summed E-state index contributed by atoms with van der Waals surface area (Å²) in [6.07, 6.45) is -2.88. The number of aromatic nitrogens is 1. The lowest BCUT2D eigenvalue weighted by atomic mass is 10.1. The Kier molecular flexibility index (Phi) is 4.56. The van der Waals surface area contributed by atoms with Crippen molar-refractivity contribution in [2.75, 3.05) is 0 Å². The van der Waals surface area contributed by atoms with Gasteiger partial charge in [-0.05, 0) is 36.4 Å². The predicted molar refractivity (Wildman–Crippen MR) is 82.5 cm³/mol. The van der Waals surface area contributed by atoms with Gasteiger partial charge in [-0.2, -0.15) is 13.2 Å². The van der Waals surface area contributed by atoms with Crippen molar-refractivity contribution in [3.05, 3.63) is 77.8 Å². The molecule has 0 unspecified atom stereocenters. The molecule has 0 bridgehead atoms. The van der Waals surface area contributed by atoms with E-state index in [-0.39, 0.29) is 23.7 Å². The van der Waals surface area contributed by atoms with E-state index in [1.165, 1.54) is 24.3 Å². The molecule has 2 aromatic heterocycles. The summed E-state index contributed by atoms with van der Waals surface area (Å²) in [4.78, 5) is 16.0. The van der Waals surface area contributed by atoms with E-state index in [2.05, 4.69) is 4.98 Å². The topological polar surface area (TPSA) is 52.3 Å². The fourth-order valence-corrected chi connectivity index (χ4v) is 2.15. The lowest BCUT2D eigenvalue weighted by molar-refractivity contribution is -0.137. The minimum Gasteiger partial charge on any atom is -0.453 e. The van der Waals surface area contributed by atoms with Crippen LogP contribution < -0.4 is 0 Å². The summed E-state index contributed by atoms with van der Waals surface area (Å²) in [7, 11) is 0. The normalized spacial score (nSPS) is 11.3. The van der Waals surface area contributed by atoms with Gasteiger partial charge in [-0.15, -0.1) is 0 Å². The Balaban J connectivity index is 1.73. The maximum absolute atomic E-state index is 12.8. The minimum absolute atomic E-state index is 0.0285. The molecule has 3 aromatic rings. The highest BCUT2D eigenvalue weighted by Gasteiger charge is 2.30. The van der Waals surface area contributed by atoms with Gasteiger partial charge in [0.2, 0.25) is 5.76 Å². The third kappa shape index (κ3) is 4.06. The number of alkyl halides is 3. The fourth-order valence-electron chi connectivity index (χ4n) is 2.15. The second-order valence-electron chi connectivity index (χ2n) is 5.14. The largest absolute Gasteiger partial charge is 0.453 e. The summed E-state index contributed by atoms with van der Waals surface area (Å²) >= 11 is 0. The van der Waals surface area contributed by atoms with Crippen LogP contribution in [0.15, 0.2) is 65.2 Å². The van der Waals surface area contributed by atoms with Crippen LogP contribution >= 0.6 is 0 Å². The summed E-state index contributed by atoms with van der Waals surface area (Å²) in [5, 5.41) is 0. The second-order valence-corrected chi connectivity index (χ2v) is 5.14. The predicted octanol–water partition coefficient (Wildman–Crippen LogP) is 4.72. The number of hydrogen-bond acceptors (Lipinski definition) is 4. The third-order valence-corrected chi connectivity index (χ3v) is 3.36. The Bertz CT molecular complexity index is 873. The number of rotatable bonds is 4. The maximum Gasteiger partial charge on any atom is 0.416 e. The first-order chi connectivity index (χ1) is 11.9. The number of carbonyl (C=O) groups is 1. The van der Waals surface area contributed by atoms with Crippen LogP contribution in [0, 0.1) is 0 Å². The molecule has 0 aliphatic heterocycles. The van der Waals surface area contributed by atoms with E-state index in [9.17, 15) is 18.0 Å². The molecule has 0 saturated carbocycles. The average molecular weight is 347 g/mol. The number of pyridine rings is 1.